The summed E-state index contributed by atoms with van der Waals surface area (Å²) in [5, 5.41) is 21.1. The van der Waals surface area contributed by atoms with Crippen LogP contribution in [0.25, 0.3) is 5.69 Å². The van der Waals surface area contributed by atoms with Crippen LogP contribution >= 0.6 is 0 Å². The van der Waals surface area contributed by atoms with Crippen LogP contribution in [0, 0.1) is 24.1 Å². The minimum Gasteiger partial charge on any atom is -0.475 e. The molecule has 0 saturated carbocycles. The summed E-state index contributed by atoms with van der Waals surface area (Å²) in [7, 11) is 0. The van der Waals surface area contributed by atoms with Crippen molar-refractivity contribution in [3.05, 3.63) is 41.2 Å². The second kappa shape index (κ2) is 4.25. The lowest BCUT2D eigenvalue weighted by atomic mass is 10.2. The number of aryl methyl sites for hydroxylation is 1. The van der Waals surface area contributed by atoms with E-state index in [0.29, 0.717) is 0 Å². The van der Waals surface area contributed by atoms with Gasteiger partial charge in [-0.2, -0.15) is 5.26 Å². The lowest BCUT2D eigenvalue weighted by Crippen LogP contribution is -2.04. The van der Waals surface area contributed by atoms with Gasteiger partial charge < -0.3 is 5.11 Å². The van der Waals surface area contributed by atoms with Gasteiger partial charge in [0.15, 0.2) is 0 Å². The van der Waals surface area contributed by atoms with Gasteiger partial charge in [0, 0.05) is 0 Å². The van der Waals surface area contributed by atoms with Crippen molar-refractivity contribution in [2.75, 3.05) is 0 Å². The maximum absolute atomic E-state index is 13.7. The molecule has 6 nitrogen and oxygen atoms in total. The van der Waals surface area contributed by atoms with Crippen molar-refractivity contribution < 1.29 is 14.3 Å². The van der Waals surface area contributed by atoms with Gasteiger partial charge in [0.2, 0.25) is 0 Å². The molecule has 0 aliphatic heterocycles. The molecule has 1 aromatic heterocycles. The number of nitriles is 1. The van der Waals surface area contributed by atoms with Crippen LogP contribution in [0.3, 0.4) is 0 Å². The molecule has 0 saturated heterocycles. The average molecular weight is 246 g/mol. The van der Waals surface area contributed by atoms with Crippen LogP contribution in [0.1, 0.15) is 22.0 Å². The molecule has 18 heavy (non-hydrogen) atoms. The first-order valence-electron chi connectivity index (χ1n) is 4.90. The predicted molar refractivity (Wildman–Crippen MR) is 57.7 cm³/mol. The van der Waals surface area contributed by atoms with Crippen LogP contribution < -0.4 is 0 Å². The molecular formula is C11H7FN4O2. The van der Waals surface area contributed by atoms with Crippen LogP contribution in [-0.2, 0) is 0 Å². The number of nitrogens with zero attached hydrogens (tertiary/aromatic N) is 4. The molecule has 0 radical (unpaired) electrons. The molecule has 0 atom stereocenters. The fourth-order valence-electron chi connectivity index (χ4n) is 1.46. The second-order valence-corrected chi connectivity index (χ2v) is 3.48. The van der Waals surface area contributed by atoms with Gasteiger partial charge in [-0.15, -0.1) is 5.10 Å². The van der Waals surface area contributed by atoms with Crippen molar-refractivity contribution in [1.82, 2.24) is 14.8 Å². The summed E-state index contributed by atoms with van der Waals surface area (Å²) in [6.07, 6.45) is 0. The predicted octanol–water partition coefficient (Wildman–Crippen LogP) is 1.28. The van der Waals surface area contributed by atoms with E-state index in [1.165, 1.54) is 19.1 Å². The third-order valence-electron chi connectivity index (χ3n) is 2.27. The van der Waals surface area contributed by atoms with Crippen LogP contribution in [0.5, 0.6) is 0 Å². The molecule has 0 aliphatic carbocycles. The standard InChI is InChI=1S/C11H7FN4O2/c1-6-14-10(11(17)18)15-16(6)9-3-2-7(5-13)4-8(9)12/h2-4H,1H3,(H,17,18). The summed E-state index contributed by atoms with van der Waals surface area (Å²) in [4.78, 5) is 14.4. The number of aromatic carboxylic acids is 1. The van der Waals surface area contributed by atoms with Gasteiger partial charge in [-0.25, -0.2) is 18.9 Å². The highest BCUT2D eigenvalue weighted by Crippen LogP contribution is 2.15. The number of carboxylic acid groups (broad SMARTS) is 1. The lowest BCUT2D eigenvalue weighted by Gasteiger charge is -2.04. The van der Waals surface area contributed by atoms with E-state index >= 15 is 0 Å². The van der Waals surface area contributed by atoms with E-state index in [1.807, 2.05) is 0 Å². The van der Waals surface area contributed by atoms with Gasteiger partial charge in [-0.1, -0.05) is 0 Å². The van der Waals surface area contributed by atoms with E-state index in [-0.39, 0.29) is 17.1 Å². The van der Waals surface area contributed by atoms with E-state index < -0.39 is 17.6 Å². The Hall–Kier alpha value is -2.75. The molecule has 1 heterocycles. The molecule has 90 valence electrons. The average Bonchev–Trinajstić information content (AvgIpc) is 2.71. The highest BCUT2D eigenvalue weighted by Gasteiger charge is 2.16. The molecule has 7 heteroatoms. The molecule has 0 amide bonds. The fraction of sp³-hybridized carbons (Fsp3) is 0.0909. The number of carbonyl (C=O) groups is 1. The number of halogens is 1. The molecule has 2 rings (SSSR count). The highest BCUT2D eigenvalue weighted by molar-refractivity contribution is 5.83. The van der Waals surface area contributed by atoms with Crippen LogP contribution in [-0.4, -0.2) is 25.8 Å². The minimum atomic E-state index is -1.29. The zero-order chi connectivity index (χ0) is 13.3. The maximum atomic E-state index is 13.7. The van der Waals surface area contributed by atoms with Crippen molar-refractivity contribution in [3.8, 4) is 11.8 Å². The van der Waals surface area contributed by atoms with E-state index in [0.717, 1.165) is 10.7 Å². The van der Waals surface area contributed by atoms with Crippen molar-refractivity contribution in [1.29, 1.82) is 5.26 Å². The second-order valence-electron chi connectivity index (χ2n) is 3.48. The zero-order valence-electron chi connectivity index (χ0n) is 9.25. The van der Waals surface area contributed by atoms with Crippen molar-refractivity contribution in [2.24, 2.45) is 0 Å². The van der Waals surface area contributed by atoms with E-state index in [9.17, 15) is 9.18 Å². The van der Waals surface area contributed by atoms with E-state index in [1.54, 1.807) is 6.07 Å². The largest absolute Gasteiger partial charge is 0.475 e. The van der Waals surface area contributed by atoms with E-state index in [2.05, 4.69) is 10.1 Å². The summed E-state index contributed by atoms with van der Waals surface area (Å²) in [5.74, 6) is -2.11. The highest BCUT2D eigenvalue weighted by atomic mass is 19.1. The molecule has 2 aromatic rings. The summed E-state index contributed by atoms with van der Waals surface area (Å²) in [6.45, 7) is 1.51. The Balaban J connectivity index is 2.56. The zero-order valence-corrected chi connectivity index (χ0v) is 9.25. The topological polar surface area (TPSA) is 91.8 Å². The number of carboxylic acids is 1. The first-order chi connectivity index (χ1) is 8.52. The Morgan fingerprint density at radius 2 is 2.28 bits per heavy atom. The maximum Gasteiger partial charge on any atom is 0.375 e. The van der Waals surface area contributed by atoms with Gasteiger partial charge >= 0.3 is 5.97 Å². The third kappa shape index (κ3) is 1.91. The molecule has 1 N–H and O–H groups in total. The summed E-state index contributed by atoms with van der Waals surface area (Å²) < 4.78 is 14.8. The number of aromatic nitrogens is 3. The lowest BCUT2D eigenvalue weighted by molar-refractivity contribution is 0.0683. The summed E-state index contributed by atoms with van der Waals surface area (Å²) in [5.41, 5.74) is 0.221. The molecular weight excluding hydrogens is 239 g/mol. The van der Waals surface area contributed by atoms with Crippen molar-refractivity contribution >= 4 is 5.97 Å². The van der Waals surface area contributed by atoms with Gasteiger partial charge in [-0.05, 0) is 25.1 Å². The normalized spacial score (nSPS) is 10.1. The van der Waals surface area contributed by atoms with Crippen LogP contribution in [0.4, 0.5) is 4.39 Å². The Morgan fingerprint density at radius 1 is 1.56 bits per heavy atom. The minimum absolute atomic E-state index is 0.0477. The Labute approximate surface area is 101 Å². The quantitative estimate of drug-likeness (QED) is 0.861. The number of hydrogen-bond donors (Lipinski definition) is 1. The van der Waals surface area contributed by atoms with Crippen molar-refractivity contribution in [2.45, 2.75) is 6.92 Å². The van der Waals surface area contributed by atoms with E-state index in [4.69, 9.17) is 10.4 Å². The summed E-state index contributed by atoms with van der Waals surface area (Å²) >= 11 is 0. The first kappa shape index (κ1) is 11.7. The SMILES string of the molecule is Cc1nc(C(=O)O)nn1-c1ccc(C#N)cc1F. The molecule has 1 aromatic carbocycles. The van der Waals surface area contributed by atoms with Crippen molar-refractivity contribution in [3.63, 3.8) is 0 Å². The van der Waals surface area contributed by atoms with Crippen LogP contribution in [0.2, 0.25) is 0 Å². The summed E-state index contributed by atoms with van der Waals surface area (Å²) in [6, 6.07) is 5.62. The molecule has 0 bridgehead atoms. The first-order valence-corrected chi connectivity index (χ1v) is 4.90. The van der Waals surface area contributed by atoms with Gasteiger partial charge in [0.05, 0.1) is 11.6 Å². The number of benzene rings is 1. The van der Waals surface area contributed by atoms with Gasteiger partial charge in [-0.3, -0.25) is 0 Å². The molecule has 0 spiro atoms. The van der Waals surface area contributed by atoms with Crippen LogP contribution in [0.15, 0.2) is 18.2 Å². The van der Waals surface area contributed by atoms with Gasteiger partial charge in [0.1, 0.15) is 17.3 Å². The smallest absolute Gasteiger partial charge is 0.375 e. The third-order valence-corrected chi connectivity index (χ3v) is 2.27. The Kier molecular flexibility index (Phi) is 2.77. The fourth-order valence-corrected chi connectivity index (χ4v) is 1.46. The van der Waals surface area contributed by atoms with Gasteiger partial charge in [0.25, 0.3) is 5.82 Å². The Morgan fingerprint density at radius 3 is 2.78 bits per heavy atom. The molecule has 0 fully saturated rings. The number of rotatable bonds is 2. The monoisotopic (exact) mass is 246 g/mol. The molecule has 0 aliphatic rings. The number of hydrogen-bond acceptors (Lipinski definition) is 4. The molecule has 0 unspecified atom stereocenters. The Bertz CT molecular complexity index is 672.